The molecule has 4 rings (SSSR count). The first kappa shape index (κ1) is 17.8. The molecule has 0 bridgehead atoms. The van der Waals surface area contributed by atoms with E-state index in [1.54, 1.807) is 37.8 Å². The highest BCUT2D eigenvalue weighted by molar-refractivity contribution is 6.00. The molecule has 0 saturated carbocycles. The van der Waals surface area contributed by atoms with Crippen LogP contribution in [-0.4, -0.2) is 49.2 Å². The second kappa shape index (κ2) is 7.22. The van der Waals surface area contributed by atoms with Crippen LogP contribution in [0.2, 0.25) is 0 Å². The lowest BCUT2D eigenvalue weighted by Gasteiger charge is -2.19. The van der Waals surface area contributed by atoms with Crippen molar-refractivity contribution in [3.8, 4) is 0 Å². The number of aryl methyl sites for hydroxylation is 1. The smallest absolute Gasteiger partial charge is 0.291 e. The summed E-state index contributed by atoms with van der Waals surface area (Å²) < 4.78 is 17.0. The van der Waals surface area contributed by atoms with Gasteiger partial charge in [-0.15, -0.1) is 5.10 Å². The van der Waals surface area contributed by atoms with Crippen LogP contribution in [-0.2, 0) is 17.9 Å². The molecule has 0 spiro atoms. The Balaban J connectivity index is 1.44. The van der Waals surface area contributed by atoms with Crippen LogP contribution in [0.4, 0.5) is 10.2 Å². The number of aromatic nitrogens is 5. The van der Waals surface area contributed by atoms with Crippen molar-refractivity contribution in [3.05, 3.63) is 60.3 Å². The van der Waals surface area contributed by atoms with E-state index < -0.39 is 11.9 Å². The minimum Gasteiger partial charge on any atom is -0.337 e. The molecule has 1 atom stereocenters. The standard InChI is InChI=1S/C18H18FN7O2/c1-24-15-8-20-10-25(15)7-6-14(18(24)28)22-17(27)16-21-11-26(23-16)9-12-4-2-3-5-13(12)19/h2-5,8,10-11,14H,6-7,9H2,1H3,(H,22,27)/t14-/m1/s1. The van der Waals surface area contributed by atoms with Gasteiger partial charge in [0.15, 0.2) is 0 Å². The molecule has 9 nitrogen and oxygen atoms in total. The third-order valence-corrected chi connectivity index (χ3v) is 4.66. The van der Waals surface area contributed by atoms with E-state index in [2.05, 4.69) is 20.4 Å². The predicted octanol–water partition coefficient (Wildman–Crippen LogP) is 0.827. The lowest BCUT2D eigenvalue weighted by molar-refractivity contribution is -0.120. The molecule has 2 amide bonds. The Morgan fingerprint density at radius 2 is 2.14 bits per heavy atom. The molecule has 0 radical (unpaired) electrons. The van der Waals surface area contributed by atoms with Crippen molar-refractivity contribution in [2.24, 2.45) is 0 Å². The van der Waals surface area contributed by atoms with Gasteiger partial charge in [0.1, 0.15) is 24.0 Å². The summed E-state index contributed by atoms with van der Waals surface area (Å²) in [5.41, 5.74) is 0.440. The van der Waals surface area contributed by atoms with Gasteiger partial charge >= 0.3 is 0 Å². The molecule has 0 fully saturated rings. The Morgan fingerprint density at radius 1 is 1.32 bits per heavy atom. The Labute approximate surface area is 159 Å². The zero-order chi connectivity index (χ0) is 19.7. The highest BCUT2D eigenvalue weighted by Gasteiger charge is 2.30. The van der Waals surface area contributed by atoms with Crippen LogP contribution in [0.1, 0.15) is 22.6 Å². The summed E-state index contributed by atoms with van der Waals surface area (Å²) in [6, 6.07) is 5.63. The minimum absolute atomic E-state index is 0.0719. The van der Waals surface area contributed by atoms with Crippen LogP contribution in [0.3, 0.4) is 0 Å². The monoisotopic (exact) mass is 383 g/mol. The van der Waals surface area contributed by atoms with E-state index in [0.717, 1.165) is 0 Å². The number of anilines is 1. The second-order valence-electron chi connectivity index (χ2n) is 6.51. The number of nitrogens with one attached hydrogen (secondary N) is 1. The molecular formula is C18H18FN7O2. The van der Waals surface area contributed by atoms with Crippen molar-refractivity contribution in [2.45, 2.75) is 25.6 Å². The predicted molar refractivity (Wildman–Crippen MR) is 97.0 cm³/mol. The van der Waals surface area contributed by atoms with E-state index in [1.807, 2.05) is 4.57 Å². The van der Waals surface area contributed by atoms with Crippen molar-refractivity contribution in [1.29, 1.82) is 0 Å². The number of carbonyl (C=O) groups excluding carboxylic acids is 2. The van der Waals surface area contributed by atoms with Gasteiger partial charge in [-0.25, -0.2) is 19.0 Å². The van der Waals surface area contributed by atoms with Crippen LogP contribution < -0.4 is 10.2 Å². The number of fused-ring (bicyclic) bond motifs is 1. The molecule has 10 heteroatoms. The summed E-state index contributed by atoms with van der Waals surface area (Å²) in [5, 5.41) is 6.79. The van der Waals surface area contributed by atoms with Crippen molar-refractivity contribution < 1.29 is 14.0 Å². The van der Waals surface area contributed by atoms with Crippen LogP contribution in [0, 0.1) is 5.82 Å². The van der Waals surface area contributed by atoms with Gasteiger partial charge in [-0.3, -0.25) is 14.5 Å². The molecule has 1 aliphatic heterocycles. The topological polar surface area (TPSA) is 97.9 Å². The maximum absolute atomic E-state index is 13.8. The first-order chi connectivity index (χ1) is 13.5. The summed E-state index contributed by atoms with van der Waals surface area (Å²) in [7, 11) is 1.64. The summed E-state index contributed by atoms with van der Waals surface area (Å²) in [6.45, 7) is 0.700. The van der Waals surface area contributed by atoms with Crippen molar-refractivity contribution in [1.82, 2.24) is 29.6 Å². The SMILES string of the molecule is CN1C(=O)[C@H](NC(=O)c2ncn(Cc3ccccc3F)n2)CCn2cncc21. The first-order valence-corrected chi connectivity index (χ1v) is 8.74. The van der Waals surface area contributed by atoms with E-state index in [4.69, 9.17) is 0 Å². The number of carbonyl (C=O) groups is 2. The molecule has 1 aliphatic rings. The Morgan fingerprint density at radius 3 is 2.96 bits per heavy atom. The lowest BCUT2D eigenvalue weighted by Crippen LogP contribution is -2.47. The fourth-order valence-corrected chi connectivity index (χ4v) is 3.14. The van der Waals surface area contributed by atoms with Crippen LogP contribution in [0.5, 0.6) is 0 Å². The maximum atomic E-state index is 13.8. The molecule has 0 unspecified atom stereocenters. The number of benzene rings is 1. The number of likely N-dealkylation sites (N-methyl/N-ethyl adjacent to an activating group) is 1. The molecule has 1 N–H and O–H groups in total. The van der Waals surface area contributed by atoms with Gasteiger partial charge in [0.25, 0.3) is 11.8 Å². The average Bonchev–Trinajstić information content (AvgIpc) is 3.33. The van der Waals surface area contributed by atoms with E-state index in [0.29, 0.717) is 24.3 Å². The van der Waals surface area contributed by atoms with Gasteiger partial charge in [-0.1, -0.05) is 18.2 Å². The van der Waals surface area contributed by atoms with Crippen molar-refractivity contribution in [2.75, 3.05) is 11.9 Å². The third-order valence-electron chi connectivity index (χ3n) is 4.66. The molecule has 3 heterocycles. The summed E-state index contributed by atoms with van der Waals surface area (Å²) in [6.07, 6.45) is 5.04. The number of amides is 2. The van der Waals surface area contributed by atoms with Gasteiger partial charge in [0.2, 0.25) is 5.82 Å². The minimum atomic E-state index is -0.698. The molecule has 144 valence electrons. The fraction of sp³-hybridized carbons (Fsp3) is 0.278. The maximum Gasteiger partial charge on any atom is 0.291 e. The van der Waals surface area contributed by atoms with Gasteiger partial charge < -0.3 is 9.88 Å². The summed E-state index contributed by atoms with van der Waals surface area (Å²) in [5.74, 6) is -0.539. The fourth-order valence-electron chi connectivity index (χ4n) is 3.14. The Hall–Kier alpha value is -3.56. The molecule has 1 aromatic carbocycles. The molecule has 0 aliphatic carbocycles. The zero-order valence-electron chi connectivity index (χ0n) is 15.1. The normalized spacial score (nSPS) is 16.6. The zero-order valence-corrected chi connectivity index (χ0v) is 15.1. The average molecular weight is 383 g/mol. The van der Waals surface area contributed by atoms with E-state index >= 15 is 0 Å². The number of nitrogens with zero attached hydrogens (tertiary/aromatic N) is 6. The highest BCUT2D eigenvalue weighted by atomic mass is 19.1. The lowest BCUT2D eigenvalue weighted by atomic mass is 10.2. The Bertz CT molecular complexity index is 1030. The number of hydrogen-bond acceptors (Lipinski definition) is 5. The number of rotatable bonds is 4. The second-order valence-corrected chi connectivity index (χ2v) is 6.51. The van der Waals surface area contributed by atoms with Crippen molar-refractivity contribution >= 4 is 17.6 Å². The van der Waals surface area contributed by atoms with E-state index in [9.17, 15) is 14.0 Å². The molecule has 3 aromatic rings. The van der Waals surface area contributed by atoms with Gasteiger partial charge in [-0.05, 0) is 12.5 Å². The van der Waals surface area contributed by atoms with E-state index in [-0.39, 0.29) is 24.1 Å². The first-order valence-electron chi connectivity index (χ1n) is 8.74. The quantitative estimate of drug-likeness (QED) is 0.720. The summed E-state index contributed by atoms with van der Waals surface area (Å²) in [4.78, 5) is 34.6. The number of halogens is 1. The highest BCUT2D eigenvalue weighted by Crippen LogP contribution is 2.19. The number of imidazole rings is 1. The van der Waals surface area contributed by atoms with Gasteiger partial charge in [0, 0.05) is 19.2 Å². The van der Waals surface area contributed by atoms with E-state index in [1.165, 1.54) is 22.0 Å². The molecule has 28 heavy (non-hydrogen) atoms. The van der Waals surface area contributed by atoms with Gasteiger partial charge in [-0.2, -0.15) is 0 Å². The van der Waals surface area contributed by atoms with Crippen LogP contribution in [0.15, 0.2) is 43.1 Å². The van der Waals surface area contributed by atoms with Crippen LogP contribution in [0.25, 0.3) is 0 Å². The number of hydrogen-bond donors (Lipinski definition) is 1. The van der Waals surface area contributed by atoms with Gasteiger partial charge in [0.05, 0.1) is 19.1 Å². The molecular weight excluding hydrogens is 365 g/mol. The summed E-state index contributed by atoms with van der Waals surface area (Å²) >= 11 is 0. The Kier molecular flexibility index (Phi) is 4.60. The largest absolute Gasteiger partial charge is 0.337 e. The molecule has 2 aromatic heterocycles. The third kappa shape index (κ3) is 3.36. The van der Waals surface area contributed by atoms with Crippen molar-refractivity contribution in [3.63, 3.8) is 0 Å². The van der Waals surface area contributed by atoms with Crippen LogP contribution >= 0.6 is 0 Å². The molecule has 0 saturated heterocycles.